The second-order valence-electron chi connectivity index (χ2n) is 7.05. The Morgan fingerprint density at radius 2 is 1.95 bits per heavy atom. The lowest BCUT2D eigenvalue weighted by atomic mass is 9.73. The molecule has 118 valence electrons. The van der Waals surface area contributed by atoms with Gasteiger partial charge in [0, 0.05) is 24.4 Å². The number of hydrogen-bond acceptors (Lipinski definition) is 2. The molecular weight excluding hydrogens is 270 g/mol. The van der Waals surface area contributed by atoms with Crippen molar-refractivity contribution < 1.29 is 4.79 Å². The van der Waals surface area contributed by atoms with Crippen LogP contribution in [0.4, 0.5) is 0 Å². The Labute approximate surface area is 134 Å². The lowest BCUT2D eigenvalue weighted by molar-refractivity contribution is -0.126. The zero-order chi connectivity index (χ0) is 15.9. The number of Topliss-reactive ketones (excluding diaryl/α,β-unsaturated/α-hetero) is 1. The van der Waals surface area contributed by atoms with E-state index in [-0.39, 0.29) is 5.92 Å². The first-order chi connectivity index (χ1) is 10.5. The fourth-order valence-electron chi connectivity index (χ4n) is 4.50. The first-order valence-corrected chi connectivity index (χ1v) is 8.53. The number of fused-ring (bicyclic) bond motifs is 2. The molecule has 4 atom stereocenters. The molecule has 2 aliphatic rings. The molecule has 0 spiro atoms. The highest BCUT2D eigenvalue weighted by molar-refractivity contribution is 5.82. The van der Waals surface area contributed by atoms with E-state index < -0.39 is 0 Å². The molecule has 0 N–H and O–H groups in total. The Kier molecular flexibility index (Phi) is 4.22. The molecule has 1 aromatic rings. The molecule has 2 heterocycles. The van der Waals surface area contributed by atoms with E-state index in [1.807, 2.05) is 13.8 Å². The van der Waals surface area contributed by atoms with E-state index in [1.54, 1.807) is 0 Å². The van der Waals surface area contributed by atoms with Crippen LogP contribution in [0.3, 0.4) is 0 Å². The predicted molar refractivity (Wildman–Crippen MR) is 91.9 cm³/mol. The van der Waals surface area contributed by atoms with Crippen LogP contribution in [0.5, 0.6) is 0 Å². The lowest BCUT2D eigenvalue weighted by Crippen LogP contribution is -2.48. The topological polar surface area (TPSA) is 20.3 Å². The molecule has 0 aromatic heterocycles. The normalized spacial score (nSPS) is 31.2. The Bertz CT molecular complexity index is 574. The smallest absolute Gasteiger partial charge is 0.137 e. The van der Waals surface area contributed by atoms with Crippen LogP contribution in [0, 0.1) is 5.92 Å². The molecular formula is C20H27NO. The van der Waals surface area contributed by atoms with Crippen LogP contribution in [0.25, 0.3) is 5.57 Å². The minimum Gasteiger partial charge on any atom is -0.300 e. The maximum Gasteiger partial charge on any atom is 0.137 e. The molecule has 2 heteroatoms. The number of allylic oxidation sites excluding steroid dienone is 1. The molecule has 0 amide bonds. The van der Waals surface area contributed by atoms with Crippen LogP contribution >= 0.6 is 0 Å². The van der Waals surface area contributed by atoms with Crippen molar-refractivity contribution in [3.63, 3.8) is 0 Å². The summed E-state index contributed by atoms with van der Waals surface area (Å²) >= 11 is 0. The van der Waals surface area contributed by atoms with Crippen molar-refractivity contribution in [2.45, 2.75) is 57.5 Å². The van der Waals surface area contributed by atoms with Crippen molar-refractivity contribution in [1.29, 1.82) is 0 Å². The van der Waals surface area contributed by atoms with Gasteiger partial charge in [-0.2, -0.15) is 0 Å². The fraction of sp³-hybridized carbons (Fsp3) is 0.550. The van der Waals surface area contributed by atoms with Crippen LogP contribution in [-0.4, -0.2) is 29.8 Å². The standard InChI is InChI=1S/C20H27NO/c1-5-19(22)20-17(12-16-10-11-18(20)21(16)4)15-8-6-14(7-9-15)13(2)3/h6-9,16-18,20H,2,5,10-12H2,1,3-4H3/t16-,17+,18+,20-/m0/s1. The Morgan fingerprint density at radius 3 is 2.55 bits per heavy atom. The number of nitrogens with zero attached hydrogens (tertiary/aromatic N) is 1. The second-order valence-corrected chi connectivity index (χ2v) is 7.05. The molecule has 2 aliphatic heterocycles. The highest BCUT2D eigenvalue weighted by Gasteiger charge is 2.48. The molecule has 2 nitrogen and oxygen atoms in total. The van der Waals surface area contributed by atoms with E-state index in [0.717, 1.165) is 12.0 Å². The summed E-state index contributed by atoms with van der Waals surface area (Å²) in [5.74, 6) is 0.996. The van der Waals surface area contributed by atoms with Gasteiger partial charge in [0.15, 0.2) is 0 Å². The van der Waals surface area contributed by atoms with Gasteiger partial charge in [-0.1, -0.05) is 43.3 Å². The summed E-state index contributed by atoms with van der Waals surface area (Å²) < 4.78 is 0. The van der Waals surface area contributed by atoms with E-state index in [4.69, 9.17) is 0 Å². The van der Waals surface area contributed by atoms with Gasteiger partial charge in [-0.3, -0.25) is 9.69 Å². The SMILES string of the molecule is C=C(C)c1ccc([C@H]2C[C@@H]3CC[C@H]([C@H]2C(=O)CC)N3C)cc1. The van der Waals surface area contributed by atoms with Crippen LogP contribution in [0.15, 0.2) is 30.8 Å². The number of benzene rings is 1. The molecule has 0 saturated carbocycles. The summed E-state index contributed by atoms with van der Waals surface area (Å²) in [5.41, 5.74) is 3.62. The molecule has 0 radical (unpaired) electrons. The van der Waals surface area contributed by atoms with Crippen LogP contribution in [0.2, 0.25) is 0 Å². The largest absolute Gasteiger partial charge is 0.300 e. The molecule has 1 aromatic carbocycles. The van der Waals surface area contributed by atoms with Gasteiger partial charge in [-0.25, -0.2) is 0 Å². The number of ketones is 1. The van der Waals surface area contributed by atoms with Gasteiger partial charge >= 0.3 is 0 Å². The van der Waals surface area contributed by atoms with Crippen molar-refractivity contribution in [1.82, 2.24) is 4.90 Å². The third-order valence-electron chi connectivity index (χ3n) is 5.82. The minimum atomic E-state index is 0.171. The highest BCUT2D eigenvalue weighted by atomic mass is 16.1. The van der Waals surface area contributed by atoms with Crippen LogP contribution < -0.4 is 0 Å². The summed E-state index contributed by atoms with van der Waals surface area (Å²) in [4.78, 5) is 15.1. The van der Waals surface area contributed by atoms with E-state index >= 15 is 0 Å². The van der Waals surface area contributed by atoms with Crippen molar-refractivity contribution >= 4 is 11.4 Å². The van der Waals surface area contributed by atoms with Gasteiger partial charge < -0.3 is 0 Å². The van der Waals surface area contributed by atoms with Crippen molar-refractivity contribution in [2.75, 3.05) is 7.05 Å². The zero-order valence-electron chi connectivity index (χ0n) is 14.0. The summed E-state index contributed by atoms with van der Waals surface area (Å²) in [7, 11) is 2.21. The molecule has 2 saturated heterocycles. The second kappa shape index (κ2) is 6.00. The van der Waals surface area contributed by atoms with Gasteiger partial charge in [0.05, 0.1) is 0 Å². The van der Waals surface area contributed by atoms with Crippen LogP contribution in [0.1, 0.15) is 56.6 Å². The number of piperidine rings is 1. The maximum atomic E-state index is 12.6. The number of carbonyl (C=O) groups is 1. The summed E-state index contributed by atoms with van der Waals surface area (Å²) in [6.45, 7) is 8.05. The molecule has 2 fully saturated rings. The van der Waals surface area contributed by atoms with Crippen LogP contribution in [-0.2, 0) is 4.79 Å². The van der Waals surface area contributed by atoms with Gasteiger partial charge in [0.1, 0.15) is 5.78 Å². The quantitative estimate of drug-likeness (QED) is 0.827. The molecule has 0 aliphatic carbocycles. The molecule has 22 heavy (non-hydrogen) atoms. The first-order valence-electron chi connectivity index (χ1n) is 8.53. The van der Waals surface area contributed by atoms with E-state index in [0.29, 0.717) is 30.2 Å². The first kappa shape index (κ1) is 15.5. The predicted octanol–water partition coefficient (Wildman–Crippen LogP) is 4.27. The molecule has 3 rings (SSSR count). The third-order valence-corrected chi connectivity index (χ3v) is 5.82. The summed E-state index contributed by atoms with van der Waals surface area (Å²) in [5, 5.41) is 0. The summed E-state index contributed by atoms with van der Waals surface area (Å²) in [6.07, 6.45) is 4.20. The summed E-state index contributed by atoms with van der Waals surface area (Å²) in [6, 6.07) is 9.84. The number of hydrogen-bond donors (Lipinski definition) is 0. The average molecular weight is 297 g/mol. The zero-order valence-corrected chi connectivity index (χ0v) is 14.0. The average Bonchev–Trinajstić information content (AvgIpc) is 2.76. The van der Waals surface area contributed by atoms with E-state index in [1.165, 1.54) is 24.0 Å². The van der Waals surface area contributed by atoms with Gasteiger partial charge in [0.25, 0.3) is 0 Å². The number of rotatable bonds is 4. The maximum absolute atomic E-state index is 12.6. The van der Waals surface area contributed by atoms with Gasteiger partial charge in [-0.15, -0.1) is 0 Å². The highest BCUT2D eigenvalue weighted by Crippen LogP contribution is 2.46. The number of carbonyl (C=O) groups excluding carboxylic acids is 1. The minimum absolute atomic E-state index is 0.171. The van der Waals surface area contributed by atoms with Crippen molar-refractivity contribution in [3.8, 4) is 0 Å². The van der Waals surface area contributed by atoms with Crippen molar-refractivity contribution in [3.05, 3.63) is 42.0 Å². The van der Waals surface area contributed by atoms with Gasteiger partial charge in [-0.05, 0) is 50.3 Å². The van der Waals surface area contributed by atoms with Gasteiger partial charge in [0.2, 0.25) is 0 Å². The Hall–Kier alpha value is -1.41. The third kappa shape index (κ3) is 2.54. The van der Waals surface area contributed by atoms with E-state index in [9.17, 15) is 4.79 Å². The Balaban J connectivity index is 1.93. The van der Waals surface area contributed by atoms with Crippen molar-refractivity contribution in [2.24, 2.45) is 5.92 Å². The fourth-order valence-corrected chi connectivity index (χ4v) is 4.50. The lowest BCUT2D eigenvalue weighted by Gasteiger charge is -2.42. The van der Waals surface area contributed by atoms with E-state index in [2.05, 4.69) is 42.8 Å². The monoisotopic (exact) mass is 297 g/mol. The Morgan fingerprint density at radius 1 is 1.27 bits per heavy atom. The molecule has 0 unspecified atom stereocenters. The molecule has 2 bridgehead atoms.